The van der Waals surface area contributed by atoms with E-state index in [2.05, 4.69) is 0 Å². The molecule has 1 heterocycles. The van der Waals surface area contributed by atoms with Gasteiger partial charge in [-0.1, -0.05) is 0 Å². The second-order valence-corrected chi connectivity index (χ2v) is 5.94. The van der Waals surface area contributed by atoms with Crippen molar-refractivity contribution in [2.75, 3.05) is 26.7 Å². The number of fused-ring (bicyclic) bond motifs is 1. The van der Waals surface area contributed by atoms with Crippen LogP contribution in [0.5, 0.6) is 0 Å². The van der Waals surface area contributed by atoms with Crippen molar-refractivity contribution in [3.63, 3.8) is 0 Å². The molecule has 0 N–H and O–H groups in total. The highest BCUT2D eigenvalue weighted by Gasteiger charge is 2.31. The lowest BCUT2D eigenvalue weighted by molar-refractivity contribution is -0.127. The maximum atomic E-state index is 14.0. The molecule has 0 saturated carbocycles. The quantitative estimate of drug-likeness (QED) is 0.852. The van der Waals surface area contributed by atoms with Gasteiger partial charge in [0.2, 0.25) is 5.91 Å². The first kappa shape index (κ1) is 14.4. The van der Waals surface area contributed by atoms with Crippen LogP contribution in [-0.4, -0.2) is 42.4 Å². The van der Waals surface area contributed by atoms with Crippen molar-refractivity contribution in [2.45, 2.75) is 31.7 Å². The standard InChI is InChI=1S/C16H20F2N2O/c1-19(9-10-20-8-2-3-15(20)21)14-7-4-11-12(17)5-6-13(18)16(11)14/h5-6,14H,2-4,7-10H2,1H3. The molecule has 0 aromatic heterocycles. The number of nitrogens with zero attached hydrogens (tertiary/aromatic N) is 2. The maximum absolute atomic E-state index is 14.0. The zero-order valence-corrected chi connectivity index (χ0v) is 12.2. The van der Waals surface area contributed by atoms with Crippen molar-refractivity contribution >= 4 is 5.91 Å². The van der Waals surface area contributed by atoms with Crippen LogP contribution < -0.4 is 0 Å². The lowest BCUT2D eigenvalue weighted by Gasteiger charge is -2.27. The van der Waals surface area contributed by atoms with Crippen molar-refractivity contribution in [3.05, 3.63) is 34.9 Å². The van der Waals surface area contributed by atoms with E-state index in [1.165, 1.54) is 12.1 Å². The zero-order chi connectivity index (χ0) is 15.0. The van der Waals surface area contributed by atoms with Gasteiger partial charge < -0.3 is 4.90 Å². The van der Waals surface area contributed by atoms with E-state index < -0.39 is 0 Å². The zero-order valence-electron chi connectivity index (χ0n) is 12.2. The fourth-order valence-corrected chi connectivity index (χ4v) is 3.46. The van der Waals surface area contributed by atoms with E-state index in [0.717, 1.165) is 19.4 Å². The first-order valence-corrected chi connectivity index (χ1v) is 7.52. The van der Waals surface area contributed by atoms with Gasteiger partial charge in [0.1, 0.15) is 11.6 Å². The van der Waals surface area contributed by atoms with Gasteiger partial charge in [0.15, 0.2) is 0 Å². The van der Waals surface area contributed by atoms with E-state index in [0.29, 0.717) is 37.1 Å². The van der Waals surface area contributed by atoms with Gasteiger partial charge in [0.25, 0.3) is 0 Å². The minimum atomic E-state index is -0.321. The molecule has 1 aliphatic carbocycles. The summed E-state index contributed by atoms with van der Waals surface area (Å²) in [4.78, 5) is 15.5. The molecule has 1 aliphatic heterocycles. The molecule has 5 heteroatoms. The third-order valence-corrected chi connectivity index (χ3v) is 4.67. The summed E-state index contributed by atoms with van der Waals surface area (Å²) in [6, 6.07) is 2.33. The molecule has 3 nitrogen and oxygen atoms in total. The van der Waals surface area contributed by atoms with Crippen LogP contribution in [0.4, 0.5) is 8.78 Å². The Hall–Kier alpha value is -1.49. The molecule has 0 bridgehead atoms. The van der Waals surface area contributed by atoms with Crippen molar-refractivity contribution in [3.8, 4) is 0 Å². The van der Waals surface area contributed by atoms with Crippen molar-refractivity contribution in [1.82, 2.24) is 9.80 Å². The topological polar surface area (TPSA) is 23.6 Å². The summed E-state index contributed by atoms with van der Waals surface area (Å²) in [5.41, 5.74) is 1.02. The first-order valence-electron chi connectivity index (χ1n) is 7.52. The molecule has 114 valence electrons. The number of benzene rings is 1. The highest BCUT2D eigenvalue weighted by Crippen LogP contribution is 2.38. The minimum absolute atomic E-state index is 0.0894. The second kappa shape index (κ2) is 5.72. The van der Waals surface area contributed by atoms with Gasteiger partial charge in [0, 0.05) is 37.7 Å². The van der Waals surface area contributed by atoms with Gasteiger partial charge in [0.05, 0.1) is 0 Å². The summed E-state index contributed by atoms with van der Waals surface area (Å²) in [6.07, 6.45) is 2.87. The number of likely N-dealkylation sites (tertiary alicyclic amines) is 1. The Bertz CT molecular complexity index is 561. The molecule has 1 saturated heterocycles. The fraction of sp³-hybridized carbons (Fsp3) is 0.562. The van der Waals surface area contributed by atoms with Gasteiger partial charge in [-0.15, -0.1) is 0 Å². The van der Waals surface area contributed by atoms with E-state index in [1.54, 1.807) is 0 Å². The average molecular weight is 294 g/mol. The Balaban J connectivity index is 1.69. The summed E-state index contributed by atoms with van der Waals surface area (Å²) >= 11 is 0. The van der Waals surface area contributed by atoms with Gasteiger partial charge in [-0.3, -0.25) is 9.69 Å². The van der Waals surface area contributed by atoms with E-state index in [1.807, 2.05) is 16.8 Å². The van der Waals surface area contributed by atoms with Crippen LogP contribution in [0.25, 0.3) is 0 Å². The third-order valence-electron chi connectivity index (χ3n) is 4.67. The van der Waals surface area contributed by atoms with E-state index in [4.69, 9.17) is 0 Å². The highest BCUT2D eigenvalue weighted by molar-refractivity contribution is 5.78. The molecule has 2 aliphatic rings. The van der Waals surface area contributed by atoms with Crippen molar-refractivity contribution < 1.29 is 13.6 Å². The maximum Gasteiger partial charge on any atom is 0.222 e. The number of amides is 1. The molecule has 1 amide bonds. The number of rotatable bonds is 4. The lowest BCUT2D eigenvalue weighted by atomic mass is 10.1. The van der Waals surface area contributed by atoms with Crippen LogP contribution >= 0.6 is 0 Å². The molecule has 3 rings (SSSR count). The van der Waals surface area contributed by atoms with E-state index >= 15 is 0 Å². The van der Waals surface area contributed by atoms with Crippen molar-refractivity contribution in [2.24, 2.45) is 0 Å². The highest BCUT2D eigenvalue weighted by atomic mass is 19.1. The molecule has 0 radical (unpaired) electrons. The smallest absolute Gasteiger partial charge is 0.222 e. The Morgan fingerprint density at radius 1 is 1.29 bits per heavy atom. The van der Waals surface area contributed by atoms with Crippen LogP contribution in [-0.2, 0) is 11.2 Å². The van der Waals surface area contributed by atoms with Gasteiger partial charge in [-0.2, -0.15) is 0 Å². The average Bonchev–Trinajstić information content (AvgIpc) is 3.07. The first-order chi connectivity index (χ1) is 10.1. The number of carbonyl (C=O) groups excluding carboxylic acids is 1. The predicted octanol–water partition coefficient (Wildman–Crippen LogP) is 2.51. The van der Waals surface area contributed by atoms with Crippen molar-refractivity contribution in [1.29, 1.82) is 0 Å². The largest absolute Gasteiger partial charge is 0.341 e. The van der Waals surface area contributed by atoms with E-state index in [-0.39, 0.29) is 23.6 Å². The summed E-state index contributed by atoms with van der Waals surface area (Å²) in [5.74, 6) is -0.428. The number of halogens is 2. The molecule has 0 spiro atoms. The monoisotopic (exact) mass is 294 g/mol. The summed E-state index contributed by atoms with van der Waals surface area (Å²) in [5, 5.41) is 0. The van der Waals surface area contributed by atoms with E-state index in [9.17, 15) is 13.6 Å². The van der Waals surface area contributed by atoms with Crippen LogP contribution in [0, 0.1) is 11.6 Å². The molecule has 1 unspecified atom stereocenters. The molecule has 1 aromatic carbocycles. The molecular formula is C16H20F2N2O. The number of carbonyl (C=O) groups is 1. The molecule has 21 heavy (non-hydrogen) atoms. The Morgan fingerprint density at radius 2 is 2.05 bits per heavy atom. The fourth-order valence-electron chi connectivity index (χ4n) is 3.46. The SMILES string of the molecule is CN(CCN1CCCC1=O)C1CCc2c(F)ccc(F)c21. The Morgan fingerprint density at radius 3 is 2.76 bits per heavy atom. The van der Waals surface area contributed by atoms with Gasteiger partial charge >= 0.3 is 0 Å². The van der Waals surface area contributed by atoms with Crippen LogP contribution in [0.2, 0.25) is 0 Å². The lowest BCUT2D eigenvalue weighted by Crippen LogP contribution is -2.35. The summed E-state index contributed by atoms with van der Waals surface area (Å²) in [6.45, 7) is 2.17. The Kier molecular flexibility index (Phi) is 3.93. The van der Waals surface area contributed by atoms with Gasteiger partial charge in [-0.05, 0) is 44.0 Å². The predicted molar refractivity (Wildman–Crippen MR) is 75.9 cm³/mol. The molecule has 1 fully saturated rings. The third kappa shape index (κ3) is 2.67. The summed E-state index contributed by atoms with van der Waals surface area (Å²) < 4.78 is 27.8. The van der Waals surface area contributed by atoms with Crippen LogP contribution in [0.15, 0.2) is 12.1 Å². The summed E-state index contributed by atoms with van der Waals surface area (Å²) in [7, 11) is 1.92. The normalized spacial score (nSPS) is 21.4. The van der Waals surface area contributed by atoms with Gasteiger partial charge in [-0.25, -0.2) is 8.78 Å². The van der Waals surface area contributed by atoms with Crippen LogP contribution in [0.3, 0.4) is 0 Å². The molecular weight excluding hydrogens is 274 g/mol. The minimum Gasteiger partial charge on any atom is -0.341 e. The second-order valence-electron chi connectivity index (χ2n) is 5.94. The molecule has 1 atom stereocenters. The number of likely N-dealkylation sites (N-methyl/N-ethyl adjacent to an activating group) is 1. The number of hydrogen-bond donors (Lipinski definition) is 0. The Labute approximate surface area is 123 Å². The molecule has 1 aromatic rings. The number of hydrogen-bond acceptors (Lipinski definition) is 2. The van der Waals surface area contributed by atoms with Crippen LogP contribution in [0.1, 0.15) is 36.4 Å².